The van der Waals surface area contributed by atoms with Crippen LogP contribution in [0.3, 0.4) is 0 Å². The van der Waals surface area contributed by atoms with Crippen LogP contribution in [0.15, 0.2) is 133 Å². The molecule has 0 N–H and O–H groups in total. The Hall–Kier alpha value is -5.20. The zero-order valence-corrected chi connectivity index (χ0v) is 21.7. The zero-order chi connectivity index (χ0) is 25.9. The van der Waals surface area contributed by atoms with E-state index in [0.29, 0.717) is 0 Å². The van der Waals surface area contributed by atoms with Gasteiger partial charge in [-0.15, -0.1) is 0 Å². The Balaban J connectivity index is 1.50. The summed E-state index contributed by atoms with van der Waals surface area (Å²) in [5, 5.41) is 21.5. The van der Waals surface area contributed by atoms with Crippen LogP contribution < -0.4 is 0 Å². The minimum Gasteiger partial charge on any atom is -0.0622 e. The summed E-state index contributed by atoms with van der Waals surface area (Å²) < 4.78 is 0. The molecular weight excluding hydrogens is 480 g/mol. The highest BCUT2D eigenvalue weighted by Crippen LogP contribution is 2.47. The van der Waals surface area contributed by atoms with Crippen molar-refractivity contribution in [1.29, 1.82) is 0 Å². The van der Waals surface area contributed by atoms with Crippen LogP contribution in [0.2, 0.25) is 0 Å². The van der Waals surface area contributed by atoms with E-state index in [1.165, 1.54) is 97.3 Å². The molecule has 0 fully saturated rings. The van der Waals surface area contributed by atoms with Crippen molar-refractivity contribution in [3.05, 3.63) is 133 Å². The van der Waals surface area contributed by atoms with Crippen LogP contribution in [0, 0.1) is 0 Å². The van der Waals surface area contributed by atoms with Gasteiger partial charge in [-0.1, -0.05) is 109 Å². The van der Waals surface area contributed by atoms with E-state index in [1.807, 2.05) is 0 Å². The molecule has 0 radical (unpaired) electrons. The molecule has 0 nitrogen and oxygen atoms in total. The fraction of sp³-hybridized carbons (Fsp3) is 0. The molecule has 0 saturated heterocycles. The number of fused-ring (bicyclic) bond motifs is 10. The van der Waals surface area contributed by atoms with E-state index in [4.69, 9.17) is 0 Å². The van der Waals surface area contributed by atoms with Crippen molar-refractivity contribution in [2.75, 3.05) is 0 Å². The van der Waals surface area contributed by atoms with Crippen LogP contribution in [0.4, 0.5) is 0 Å². The first kappa shape index (κ1) is 20.7. The molecule has 0 atom stereocenters. The number of hydrogen-bond acceptors (Lipinski definition) is 0. The van der Waals surface area contributed by atoms with Crippen molar-refractivity contribution in [2.45, 2.75) is 0 Å². The number of rotatable bonds is 1. The Bertz CT molecular complexity index is 2620. The van der Waals surface area contributed by atoms with Crippen molar-refractivity contribution in [3.63, 3.8) is 0 Å². The summed E-state index contributed by atoms with van der Waals surface area (Å²) in [6.45, 7) is 0. The van der Waals surface area contributed by atoms with Crippen molar-refractivity contribution < 1.29 is 0 Å². The molecule has 0 aliphatic heterocycles. The second-order valence-electron chi connectivity index (χ2n) is 11.2. The van der Waals surface area contributed by atoms with Gasteiger partial charge in [-0.3, -0.25) is 0 Å². The molecule has 0 amide bonds. The lowest BCUT2D eigenvalue weighted by molar-refractivity contribution is 1.68. The van der Waals surface area contributed by atoms with Gasteiger partial charge in [-0.25, -0.2) is 0 Å². The van der Waals surface area contributed by atoms with Crippen LogP contribution in [0.25, 0.3) is 97.3 Å². The SMILES string of the molecule is c1ccc(-c2cc3c(cc4c5ccccc5c5cccc3c54)c3cc4c(cc23)c2cccc3cccc4c32)cc1. The molecule has 10 rings (SSSR count). The van der Waals surface area contributed by atoms with Gasteiger partial charge in [-0.2, -0.15) is 0 Å². The molecule has 40 heavy (non-hydrogen) atoms. The summed E-state index contributed by atoms with van der Waals surface area (Å²) in [5.74, 6) is 0. The Kier molecular flexibility index (Phi) is 3.76. The van der Waals surface area contributed by atoms with Crippen molar-refractivity contribution in [2.24, 2.45) is 0 Å². The van der Waals surface area contributed by atoms with Gasteiger partial charge < -0.3 is 0 Å². The molecule has 10 aromatic carbocycles. The Morgan fingerprint density at radius 1 is 0.250 bits per heavy atom. The molecule has 0 unspecified atom stereocenters. The molecule has 0 spiro atoms. The lowest BCUT2D eigenvalue weighted by Crippen LogP contribution is -1.87. The van der Waals surface area contributed by atoms with E-state index >= 15 is 0 Å². The second kappa shape index (κ2) is 7.25. The van der Waals surface area contributed by atoms with Crippen LogP contribution in [-0.2, 0) is 0 Å². The first-order valence-electron chi connectivity index (χ1n) is 14.0. The van der Waals surface area contributed by atoms with Crippen LogP contribution >= 0.6 is 0 Å². The first-order valence-corrected chi connectivity index (χ1v) is 14.0. The average Bonchev–Trinajstić information content (AvgIpc) is 3.51. The maximum atomic E-state index is 2.48. The highest BCUT2D eigenvalue weighted by molar-refractivity contribution is 6.38. The Morgan fingerprint density at radius 3 is 1.43 bits per heavy atom. The topological polar surface area (TPSA) is 0 Å². The van der Waals surface area contributed by atoms with Gasteiger partial charge in [0, 0.05) is 0 Å². The number of benzene rings is 8. The Labute approximate surface area is 230 Å². The molecule has 0 aromatic heterocycles. The fourth-order valence-corrected chi connectivity index (χ4v) is 7.63. The van der Waals surface area contributed by atoms with Crippen LogP contribution in [0.5, 0.6) is 0 Å². The minimum absolute atomic E-state index is 1.26. The van der Waals surface area contributed by atoms with E-state index in [1.54, 1.807) is 0 Å². The third-order valence-electron chi connectivity index (χ3n) is 9.31. The largest absolute Gasteiger partial charge is 0.0622 e. The van der Waals surface area contributed by atoms with E-state index in [2.05, 4.69) is 133 Å². The fourth-order valence-electron chi connectivity index (χ4n) is 7.63. The predicted molar refractivity (Wildman–Crippen MR) is 174 cm³/mol. The first-order chi connectivity index (χ1) is 19.8. The summed E-state index contributed by atoms with van der Waals surface area (Å²) >= 11 is 0. The number of hydrogen-bond donors (Lipinski definition) is 0. The van der Waals surface area contributed by atoms with Gasteiger partial charge in [0.25, 0.3) is 0 Å². The summed E-state index contributed by atoms with van der Waals surface area (Å²) in [5.41, 5.74) is 2.56. The molecule has 182 valence electrons. The lowest BCUT2D eigenvalue weighted by Gasteiger charge is -2.14. The van der Waals surface area contributed by atoms with Gasteiger partial charge >= 0.3 is 0 Å². The van der Waals surface area contributed by atoms with Gasteiger partial charge in [0.2, 0.25) is 0 Å². The summed E-state index contributed by atoms with van der Waals surface area (Å²) in [6, 6.07) is 50.0. The summed E-state index contributed by atoms with van der Waals surface area (Å²) in [6.07, 6.45) is 0. The average molecular weight is 503 g/mol. The normalized spacial score (nSPS) is 12.5. The molecule has 0 bridgehead atoms. The highest BCUT2D eigenvalue weighted by atomic mass is 14.2. The molecule has 0 aliphatic rings. The lowest BCUT2D eigenvalue weighted by atomic mass is 9.89. The maximum Gasteiger partial charge on any atom is -0.00199 e. The van der Waals surface area contributed by atoms with Gasteiger partial charge in [0.1, 0.15) is 0 Å². The smallest absolute Gasteiger partial charge is 0.00199 e. The molecule has 10 aromatic rings. The van der Waals surface area contributed by atoms with E-state index in [0.717, 1.165) is 0 Å². The van der Waals surface area contributed by atoms with Gasteiger partial charge in [0.15, 0.2) is 0 Å². The molecule has 0 aliphatic carbocycles. The van der Waals surface area contributed by atoms with Gasteiger partial charge in [0.05, 0.1) is 0 Å². The molecular formula is C40H22. The second-order valence-corrected chi connectivity index (χ2v) is 11.2. The van der Waals surface area contributed by atoms with Crippen LogP contribution in [0.1, 0.15) is 0 Å². The maximum absolute atomic E-state index is 2.48. The molecule has 0 heterocycles. The third-order valence-corrected chi connectivity index (χ3v) is 9.31. The standard InChI is InChI=1S/C40H22/c1-2-9-23(10-3-1)31-19-32-30-18-8-17-27-25-13-4-5-14-26(25)38(40(27)30)22-37(32)36-21-34-29-16-7-12-24-11-6-15-28(39(24)29)33(34)20-35(31)36/h1-22H. The quantitative estimate of drug-likeness (QED) is 0.196. The van der Waals surface area contributed by atoms with Crippen molar-refractivity contribution in [1.82, 2.24) is 0 Å². The molecule has 0 saturated carbocycles. The highest BCUT2D eigenvalue weighted by Gasteiger charge is 2.19. The predicted octanol–water partition coefficient (Wildman–Crippen LogP) is 11.5. The summed E-state index contributed by atoms with van der Waals surface area (Å²) in [4.78, 5) is 0. The zero-order valence-electron chi connectivity index (χ0n) is 21.7. The van der Waals surface area contributed by atoms with Crippen LogP contribution in [-0.4, -0.2) is 0 Å². The van der Waals surface area contributed by atoms with E-state index in [-0.39, 0.29) is 0 Å². The van der Waals surface area contributed by atoms with Crippen molar-refractivity contribution in [3.8, 4) is 11.1 Å². The molecule has 0 heteroatoms. The Morgan fingerprint density at radius 2 is 0.700 bits per heavy atom. The monoisotopic (exact) mass is 502 g/mol. The van der Waals surface area contributed by atoms with E-state index in [9.17, 15) is 0 Å². The summed E-state index contributed by atoms with van der Waals surface area (Å²) in [7, 11) is 0. The van der Waals surface area contributed by atoms with E-state index < -0.39 is 0 Å². The van der Waals surface area contributed by atoms with Gasteiger partial charge in [-0.05, 0) is 122 Å². The van der Waals surface area contributed by atoms with Crippen molar-refractivity contribution >= 4 is 86.2 Å². The minimum atomic E-state index is 1.26. The third kappa shape index (κ3) is 2.47.